The minimum absolute atomic E-state index is 0.0707. The van der Waals surface area contributed by atoms with Gasteiger partial charge in [0.05, 0.1) is 22.5 Å². The number of piperazine rings is 1. The largest absolute Gasteiger partial charge is 0.494 e. The van der Waals surface area contributed by atoms with E-state index in [2.05, 4.69) is 39.4 Å². The molecule has 1 fully saturated rings. The van der Waals surface area contributed by atoms with Crippen LogP contribution in [0.1, 0.15) is 12.8 Å². The molecular formula is C27H31N3O3S. The van der Waals surface area contributed by atoms with Gasteiger partial charge in [-0.15, -0.1) is 11.3 Å². The van der Waals surface area contributed by atoms with E-state index in [0.717, 1.165) is 62.2 Å². The average Bonchev–Trinajstić information content (AvgIpc) is 3.35. The van der Waals surface area contributed by atoms with Crippen molar-refractivity contribution in [3.63, 3.8) is 0 Å². The molecule has 0 N–H and O–H groups in total. The molecule has 0 amide bonds. The Bertz CT molecular complexity index is 1310. The number of benzene rings is 2. The molecule has 0 bridgehead atoms. The highest BCUT2D eigenvalue weighted by Gasteiger charge is 2.18. The lowest BCUT2D eigenvalue weighted by Gasteiger charge is -2.36. The Balaban J connectivity index is 1.08. The van der Waals surface area contributed by atoms with Crippen LogP contribution in [0.3, 0.4) is 0 Å². The summed E-state index contributed by atoms with van der Waals surface area (Å²) in [4.78, 5) is 17.3. The van der Waals surface area contributed by atoms with Crippen molar-refractivity contribution in [2.24, 2.45) is 0 Å². The normalized spacial score (nSPS) is 14.8. The molecule has 7 heteroatoms. The number of unbranched alkanes of at least 4 members (excludes halogenated alkanes) is 1. The number of thiophene rings is 1. The van der Waals surface area contributed by atoms with Gasteiger partial charge < -0.3 is 14.4 Å². The van der Waals surface area contributed by atoms with Crippen LogP contribution in [0.2, 0.25) is 0 Å². The molecule has 178 valence electrons. The molecule has 2 aromatic carbocycles. The van der Waals surface area contributed by atoms with E-state index in [0.29, 0.717) is 6.61 Å². The number of hydrogen-bond acceptors (Lipinski definition) is 6. The molecule has 4 aromatic rings. The highest BCUT2D eigenvalue weighted by Crippen LogP contribution is 2.32. The number of nitrogens with zero attached hydrogens (tertiary/aromatic N) is 3. The molecule has 0 atom stereocenters. The van der Waals surface area contributed by atoms with Gasteiger partial charge in [-0.25, -0.2) is 0 Å². The lowest BCUT2D eigenvalue weighted by molar-refractivity contribution is 0.132. The van der Waals surface area contributed by atoms with E-state index in [4.69, 9.17) is 9.47 Å². The summed E-state index contributed by atoms with van der Waals surface area (Å²) in [7, 11) is 1.59. The zero-order valence-electron chi connectivity index (χ0n) is 19.6. The quantitative estimate of drug-likeness (QED) is 0.324. The minimum Gasteiger partial charge on any atom is -0.494 e. The molecule has 0 aliphatic carbocycles. The first-order valence-corrected chi connectivity index (χ1v) is 12.8. The van der Waals surface area contributed by atoms with E-state index in [1.165, 1.54) is 15.8 Å². The van der Waals surface area contributed by atoms with Gasteiger partial charge in [-0.05, 0) is 65.9 Å². The van der Waals surface area contributed by atoms with Crippen molar-refractivity contribution in [1.29, 1.82) is 0 Å². The molecule has 1 aliphatic heterocycles. The number of rotatable bonds is 9. The van der Waals surface area contributed by atoms with Crippen molar-refractivity contribution in [2.45, 2.75) is 19.6 Å². The first-order chi connectivity index (χ1) is 16.7. The Morgan fingerprint density at radius 1 is 0.941 bits per heavy atom. The van der Waals surface area contributed by atoms with Crippen LogP contribution in [0.15, 0.2) is 64.8 Å². The summed E-state index contributed by atoms with van der Waals surface area (Å²) in [6, 6.07) is 18.1. The summed E-state index contributed by atoms with van der Waals surface area (Å²) in [5.41, 5.74) is 2.15. The fraction of sp³-hybridized carbons (Fsp3) is 0.370. The SMILES string of the molecule is COCn1c(=O)ccc2ccc(OCCCCN3CCN(c4cccc5ccsc45)CC3)cc21. The molecule has 0 unspecified atom stereocenters. The average molecular weight is 478 g/mol. The summed E-state index contributed by atoms with van der Waals surface area (Å²) < 4.78 is 14.2. The Morgan fingerprint density at radius 2 is 1.79 bits per heavy atom. The van der Waals surface area contributed by atoms with Gasteiger partial charge in [-0.3, -0.25) is 14.3 Å². The Kier molecular flexibility index (Phi) is 7.13. The van der Waals surface area contributed by atoms with E-state index in [1.54, 1.807) is 17.7 Å². The monoisotopic (exact) mass is 477 g/mol. The number of aromatic nitrogens is 1. The van der Waals surface area contributed by atoms with Gasteiger partial charge in [0.2, 0.25) is 0 Å². The maximum atomic E-state index is 12.2. The molecule has 2 aromatic heterocycles. The minimum atomic E-state index is -0.0707. The van der Waals surface area contributed by atoms with E-state index in [-0.39, 0.29) is 12.3 Å². The number of hydrogen-bond donors (Lipinski definition) is 0. The zero-order chi connectivity index (χ0) is 23.3. The maximum absolute atomic E-state index is 12.2. The zero-order valence-corrected chi connectivity index (χ0v) is 20.4. The molecule has 3 heterocycles. The highest BCUT2D eigenvalue weighted by molar-refractivity contribution is 7.17. The smallest absolute Gasteiger partial charge is 0.252 e. The van der Waals surface area contributed by atoms with E-state index >= 15 is 0 Å². The molecule has 0 spiro atoms. The third-order valence-corrected chi connectivity index (χ3v) is 7.48. The summed E-state index contributed by atoms with van der Waals surface area (Å²) in [6.45, 7) is 6.37. The molecule has 0 saturated carbocycles. The summed E-state index contributed by atoms with van der Waals surface area (Å²) in [6.07, 6.45) is 2.12. The van der Waals surface area contributed by atoms with Gasteiger partial charge in [-0.2, -0.15) is 0 Å². The Labute approximate surface area is 203 Å². The van der Waals surface area contributed by atoms with Crippen molar-refractivity contribution < 1.29 is 9.47 Å². The van der Waals surface area contributed by atoms with E-state index in [1.807, 2.05) is 35.6 Å². The number of pyridine rings is 1. The second-order valence-electron chi connectivity index (χ2n) is 8.74. The predicted octanol–water partition coefficient (Wildman–Crippen LogP) is 4.80. The van der Waals surface area contributed by atoms with Gasteiger partial charge in [0.15, 0.2) is 0 Å². The standard InChI is InChI=1S/C27H31N3O3S/c1-32-20-30-25-19-23(9-7-21(25)8-10-26(30)31)33-17-3-2-12-28-13-15-29(16-14-28)24-6-4-5-22-11-18-34-27(22)24/h4-11,18-19H,2-3,12-17,20H2,1H3. The van der Waals surface area contributed by atoms with Crippen LogP contribution in [0.25, 0.3) is 21.0 Å². The molecule has 34 heavy (non-hydrogen) atoms. The van der Waals surface area contributed by atoms with Crippen LogP contribution < -0.4 is 15.2 Å². The number of methoxy groups -OCH3 is 1. The van der Waals surface area contributed by atoms with Crippen LogP contribution in [-0.4, -0.2) is 55.9 Å². The lowest BCUT2D eigenvalue weighted by atomic mass is 10.2. The summed E-state index contributed by atoms with van der Waals surface area (Å²) in [5.74, 6) is 0.791. The van der Waals surface area contributed by atoms with Gasteiger partial charge in [0.1, 0.15) is 12.5 Å². The van der Waals surface area contributed by atoms with Crippen molar-refractivity contribution in [3.05, 3.63) is 70.3 Å². The van der Waals surface area contributed by atoms with Crippen molar-refractivity contribution in [1.82, 2.24) is 9.47 Å². The number of fused-ring (bicyclic) bond motifs is 2. The molecule has 1 saturated heterocycles. The lowest BCUT2D eigenvalue weighted by Crippen LogP contribution is -2.46. The topological polar surface area (TPSA) is 46.9 Å². The molecule has 6 nitrogen and oxygen atoms in total. The van der Waals surface area contributed by atoms with Gasteiger partial charge in [0.25, 0.3) is 5.56 Å². The first kappa shape index (κ1) is 22.9. The Morgan fingerprint density at radius 3 is 2.65 bits per heavy atom. The molecular weight excluding hydrogens is 446 g/mol. The second kappa shape index (κ2) is 10.6. The fourth-order valence-corrected chi connectivity index (χ4v) is 5.63. The maximum Gasteiger partial charge on any atom is 0.252 e. The van der Waals surface area contributed by atoms with Crippen LogP contribution in [-0.2, 0) is 11.5 Å². The van der Waals surface area contributed by atoms with E-state index in [9.17, 15) is 4.79 Å². The number of anilines is 1. The van der Waals surface area contributed by atoms with Gasteiger partial charge in [-0.1, -0.05) is 12.1 Å². The number of ether oxygens (including phenoxy) is 2. The molecule has 5 rings (SSSR count). The first-order valence-electron chi connectivity index (χ1n) is 11.9. The second-order valence-corrected chi connectivity index (χ2v) is 9.65. The predicted molar refractivity (Wildman–Crippen MR) is 140 cm³/mol. The molecule has 0 radical (unpaired) electrons. The summed E-state index contributed by atoms with van der Waals surface area (Å²) >= 11 is 1.84. The van der Waals surface area contributed by atoms with Crippen LogP contribution in [0.4, 0.5) is 5.69 Å². The third kappa shape index (κ3) is 4.97. The van der Waals surface area contributed by atoms with Crippen LogP contribution in [0.5, 0.6) is 5.75 Å². The van der Waals surface area contributed by atoms with E-state index < -0.39 is 0 Å². The van der Waals surface area contributed by atoms with Gasteiger partial charge >= 0.3 is 0 Å². The third-order valence-electron chi connectivity index (χ3n) is 6.53. The van der Waals surface area contributed by atoms with Crippen molar-refractivity contribution in [3.8, 4) is 5.75 Å². The highest BCUT2D eigenvalue weighted by atomic mass is 32.1. The van der Waals surface area contributed by atoms with Gasteiger partial charge in [0, 0.05) is 45.4 Å². The van der Waals surface area contributed by atoms with Crippen molar-refractivity contribution in [2.75, 3.05) is 51.3 Å². The fourth-order valence-electron chi connectivity index (χ4n) is 4.69. The van der Waals surface area contributed by atoms with Crippen LogP contribution in [0, 0.1) is 0 Å². The van der Waals surface area contributed by atoms with Crippen LogP contribution >= 0.6 is 11.3 Å². The molecule has 1 aliphatic rings. The summed E-state index contributed by atoms with van der Waals surface area (Å²) in [5, 5.41) is 4.53. The van der Waals surface area contributed by atoms with Crippen molar-refractivity contribution >= 4 is 38.0 Å². The Hall–Kier alpha value is -2.87.